The number of nitrogens with zero attached hydrogens (tertiary/aromatic N) is 1. The first-order chi connectivity index (χ1) is 9.52. The quantitative estimate of drug-likeness (QED) is 0.766. The van der Waals surface area contributed by atoms with Crippen LogP contribution in [0, 0.1) is 11.8 Å². The Morgan fingerprint density at radius 3 is 2.95 bits per heavy atom. The molecular weight excluding hydrogens is 276 g/mol. The third-order valence-corrected chi connectivity index (χ3v) is 3.30. The topological polar surface area (TPSA) is 79.3 Å². The fraction of sp³-hybridized carbons (Fsp3) is 0.429. The molecule has 108 valence electrons. The average Bonchev–Trinajstić information content (AvgIpc) is 2.38. The van der Waals surface area contributed by atoms with Crippen LogP contribution in [0.4, 0.5) is 0 Å². The average molecular weight is 294 g/mol. The van der Waals surface area contributed by atoms with Crippen molar-refractivity contribution >= 4 is 16.7 Å². The van der Waals surface area contributed by atoms with Crippen molar-refractivity contribution in [2.75, 3.05) is 18.6 Å². The maximum Gasteiger partial charge on any atom is 0.253 e. The predicted octanol–water partition coefficient (Wildman–Crippen LogP) is 0.312. The van der Waals surface area contributed by atoms with Gasteiger partial charge in [-0.2, -0.15) is 0 Å². The summed E-state index contributed by atoms with van der Waals surface area (Å²) >= 11 is 0. The minimum absolute atomic E-state index is 0.00623. The Kier molecular flexibility index (Phi) is 6.91. The summed E-state index contributed by atoms with van der Waals surface area (Å²) in [5, 5.41) is 11.4. The van der Waals surface area contributed by atoms with Crippen molar-refractivity contribution in [3.05, 3.63) is 29.6 Å². The highest BCUT2D eigenvalue weighted by Crippen LogP contribution is 2.02. The van der Waals surface area contributed by atoms with Crippen LogP contribution >= 0.6 is 0 Å². The molecule has 1 aromatic rings. The number of aromatic nitrogens is 1. The smallest absolute Gasteiger partial charge is 0.253 e. The van der Waals surface area contributed by atoms with Crippen LogP contribution in [0.25, 0.3) is 0 Å². The first-order valence-electron chi connectivity index (χ1n) is 6.18. The van der Waals surface area contributed by atoms with Gasteiger partial charge in [0.2, 0.25) is 0 Å². The van der Waals surface area contributed by atoms with Crippen LogP contribution in [0.15, 0.2) is 18.5 Å². The summed E-state index contributed by atoms with van der Waals surface area (Å²) in [4.78, 5) is 15.9. The summed E-state index contributed by atoms with van der Waals surface area (Å²) in [6, 6.07) is 1.47. The molecule has 0 radical (unpaired) electrons. The van der Waals surface area contributed by atoms with E-state index in [-0.39, 0.29) is 18.6 Å². The van der Waals surface area contributed by atoms with Gasteiger partial charge >= 0.3 is 0 Å². The maximum absolute atomic E-state index is 12.0. The minimum atomic E-state index is -0.955. The van der Waals surface area contributed by atoms with Gasteiger partial charge < -0.3 is 10.4 Å². The van der Waals surface area contributed by atoms with E-state index in [2.05, 4.69) is 22.1 Å². The molecule has 0 aromatic carbocycles. The van der Waals surface area contributed by atoms with E-state index in [0.717, 1.165) is 0 Å². The summed E-state index contributed by atoms with van der Waals surface area (Å²) in [6.45, 7) is 1.81. The van der Waals surface area contributed by atoms with Crippen LogP contribution in [-0.4, -0.2) is 44.9 Å². The van der Waals surface area contributed by atoms with Gasteiger partial charge in [-0.15, -0.1) is 0 Å². The Morgan fingerprint density at radius 2 is 2.30 bits per heavy atom. The van der Waals surface area contributed by atoms with E-state index >= 15 is 0 Å². The Labute approximate surface area is 121 Å². The molecule has 0 aliphatic carbocycles. The van der Waals surface area contributed by atoms with Crippen molar-refractivity contribution in [3.8, 4) is 11.8 Å². The van der Waals surface area contributed by atoms with Crippen molar-refractivity contribution in [3.63, 3.8) is 0 Å². The molecule has 0 fully saturated rings. The molecule has 6 heteroatoms. The fourth-order valence-corrected chi connectivity index (χ4v) is 2.34. The van der Waals surface area contributed by atoms with Crippen LogP contribution in [0.1, 0.15) is 29.3 Å². The number of hydrogen-bond acceptors (Lipinski definition) is 4. The first-order valence-corrected chi connectivity index (χ1v) is 7.91. The van der Waals surface area contributed by atoms with E-state index in [0.29, 0.717) is 23.3 Å². The summed E-state index contributed by atoms with van der Waals surface area (Å²) < 4.78 is 11.1. The van der Waals surface area contributed by atoms with Gasteiger partial charge in [-0.25, -0.2) is 0 Å². The van der Waals surface area contributed by atoms with Crippen molar-refractivity contribution in [2.45, 2.75) is 19.4 Å². The van der Waals surface area contributed by atoms with Gasteiger partial charge in [0, 0.05) is 53.2 Å². The number of amides is 1. The van der Waals surface area contributed by atoms with Gasteiger partial charge in [-0.05, 0) is 13.0 Å². The molecule has 1 rings (SSSR count). The number of carbonyl (C=O) groups excluding carboxylic acids is 1. The zero-order valence-corrected chi connectivity index (χ0v) is 12.4. The van der Waals surface area contributed by atoms with Crippen LogP contribution in [0.2, 0.25) is 0 Å². The lowest BCUT2D eigenvalue weighted by Gasteiger charge is -2.12. The van der Waals surface area contributed by atoms with Crippen molar-refractivity contribution in [1.82, 2.24) is 10.3 Å². The SMILES string of the molecule is CC(CS(C)=O)NC(=O)c1cncc(C#CCCO)c1. The number of aliphatic hydroxyl groups is 1. The van der Waals surface area contributed by atoms with Gasteiger partial charge in [0.05, 0.1) is 12.2 Å². The molecule has 0 bridgehead atoms. The molecule has 2 unspecified atom stereocenters. The van der Waals surface area contributed by atoms with Gasteiger partial charge in [-0.3, -0.25) is 14.0 Å². The number of nitrogens with one attached hydrogen (secondary N) is 1. The van der Waals surface area contributed by atoms with E-state index in [1.54, 1.807) is 25.4 Å². The summed E-state index contributed by atoms with van der Waals surface area (Å²) in [6.07, 6.45) is 5.01. The molecule has 1 heterocycles. The number of rotatable bonds is 5. The van der Waals surface area contributed by atoms with Crippen LogP contribution in [0.5, 0.6) is 0 Å². The molecule has 20 heavy (non-hydrogen) atoms. The Bertz CT molecular complexity index is 549. The van der Waals surface area contributed by atoms with Crippen LogP contribution in [0.3, 0.4) is 0 Å². The largest absolute Gasteiger partial charge is 0.395 e. The molecule has 5 nitrogen and oxygen atoms in total. The lowest BCUT2D eigenvalue weighted by atomic mass is 10.2. The molecular formula is C14H18N2O3S. The molecule has 0 saturated heterocycles. The maximum atomic E-state index is 12.0. The van der Waals surface area contributed by atoms with E-state index in [1.165, 1.54) is 6.20 Å². The molecule has 2 atom stereocenters. The molecule has 0 aliphatic rings. The predicted molar refractivity (Wildman–Crippen MR) is 78.7 cm³/mol. The number of hydrogen-bond donors (Lipinski definition) is 2. The Morgan fingerprint density at radius 1 is 1.55 bits per heavy atom. The van der Waals surface area contributed by atoms with E-state index < -0.39 is 10.8 Å². The highest BCUT2D eigenvalue weighted by Gasteiger charge is 2.11. The normalized spacial score (nSPS) is 12.9. The minimum Gasteiger partial charge on any atom is -0.395 e. The second-order valence-corrected chi connectivity index (χ2v) is 5.83. The summed E-state index contributed by atoms with van der Waals surface area (Å²) in [7, 11) is -0.955. The third kappa shape index (κ3) is 5.95. The summed E-state index contributed by atoms with van der Waals surface area (Å²) in [5.74, 6) is 5.75. The zero-order valence-electron chi connectivity index (χ0n) is 11.5. The number of carbonyl (C=O) groups is 1. The van der Waals surface area contributed by atoms with Gasteiger partial charge in [0.1, 0.15) is 0 Å². The van der Waals surface area contributed by atoms with E-state index in [4.69, 9.17) is 5.11 Å². The van der Waals surface area contributed by atoms with Crippen LogP contribution in [-0.2, 0) is 10.8 Å². The van der Waals surface area contributed by atoms with Gasteiger partial charge in [0.25, 0.3) is 5.91 Å². The highest BCUT2D eigenvalue weighted by atomic mass is 32.2. The zero-order chi connectivity index (χ0) is 15.0. The second kappa shape index (κ2) is 8.46. The van der Waals surface area contributed by atoms with Gasteiger partial charge in [0.15, 0.2) is 0 Å². The summed E-state index contributed by atoms with van der Waals surface area (Å²) in [5.41, 5.74) is 1.03. The first kappa shape index (κ1) is 16.3. The lowest BCUT2D eigenvalue weighted by molar-refractivity contribution is 0.0943. The van der Waals surface area contributed by atoms with E-state index in [9.17, 15) is 9.00 Å². The monoisotopic (exact) mass is 294 g/mol. The van der Waals surface area contributed by atoms with Crippen LogP contribution < -0.4 is 5.32 Å². The fourth-order valence-electron chi connectivity index (χ4n) is 1.55. The molecule has 0 saturated carbocycles. The lowest BCUT2D eigenvalue weighted by Crippen LogP contribution is -2.36. The molecule has 1 amide bonds. The molecule has 0 spiro atoms. The number of pyridine rings is 1. The second-order valence-electron chi connectivity index (χ2n) is 4.35. The third-order valence-electron chi connectivity index (χ3n) is 2.33. The highest BCUT2D eigenvalue weighted by molar-refractivity contribution is 7.84. The molecule has 1 aromatic heterocycles. The number of aliphatic hydroxyl groups excluding tert-OH is 1. The van der Waals surface area contributed by atoms with Gasteiger partial charge in [-0.1, -0.05) is 11.8 Å². The van der Waals surface area contributed by atoms with Crippen molar-refractivity contribution < 1.29 is 14.1 Å². The Balaban J connectivity index is 2.72. The van der Waals surface area contributed by atoms with E-state index in [1.807, 2.05) is 0 Å². The van der Waals surface area contributed by atoms with Crippen molar-refractivity contribution in [1.29, 1.82) is 0 Å². The molecule has 0 aliphatic heterocycles. The molecule has 2 N–H and O–H groups in total. The Hall–Kier alpha value is -1.71. The standard InChI is InChI=1S/C14H18N2O3S/c1-11(10-20(2)19)16-14(18)13-7-12(8-15-9-13)5-3-4-6-17/h7-9,11,17H,4,6,10H2,1-2H3,(H,16,18). The van der Waals surface area contributed by atoms with Crippen molar-refractivity contribution in [2.24, 2.45) is 0 Å².